The Morgan fingerprint density at radius 3 is 2.59 bits per heavy atom. The van der Waals surface area contributed by atoms with E-state index in [-0.39, 0.29) is 6.61 Å². The first kappa shape index (κ1) is 11.6. The molecule has 0 unspecified atom stereocenters. The number of nitrogens with zero attached hydrogens (tertiary/aromatic N) is 1. The van der Waals surface area contributed by atoms with Crippen LogP contribution < -0.4 is 5.32 Å². The normalized spacial score (nSPS) is 10.2. The lowest BCUT2D eigenvalue weighted by Gasteiger charge is -2.09. The van der Waals surface area contributed by atoms with Crippen molar-refractivity contribution in [2.75, 3.05) is 5.32 Å². The van der Waals surface area contributed by atoms with Crippen LogP contribution in [0.4, 0.5) is 5.82 Å². The summed E-state index contributed by atoms with van der Waals surface area (Å²) in [6, 6.07) is 12.1. The summed E-state index contributed by atoms with van der Waals surface area (Å²) in [5.74, 6) is 0.867. The van der Waals surface area contributed by atoms with Crippen LogP contribution in [-0.4, -0.2) is 10.1 Å². The highest BCUT2D eigenvalue weighted by Gasteiger charge is 2.01. The molecule has 1 heterocycles. The third-order valence-corrected chi connectivity index (χ3v) is 2.62. The van der Waals surface area contributed by atoms with E-state index < -0.39 is 0 Å². The Kier molecular flexibility index (Phi) is 3.73. The molecule has 0 spiro atoms. The highest BCUT2D eigenvalue weighted by molar-refractivity contribution is 5.44. The van der Waals surface area contributed by atoms with Gasteiger partial charge in [-0.2, -0.15) is 0 Å². The first-order valence-electron chi connectivity index (χ1n) is 5.64. The van der Waals surface area contributed by atoms with Crippen LogP contribution in [0.15, 0.2) is 42.6 Å². The molecule has 17 heavy (non-hydrogen) atoms. The Hall–Kier alpha value is -1.87. The molecule has 0 bridgehead atoms. The molecule has 0 aliphatic rings. The molecular formula is C14H16N2O. The zero-order valence-corrected chi connectivity index (χ0v) is 9.85. The maximum Gasteiger partial charge on any atom is 0.129 e. The molecule has 3 nitrogen and oxygen atoms in total. The molecule has 0 atom stereocenters. The molecule has 2 aromatic rings. The Morgan fingerprint density at radius 2 is 1.94 bits per heavy atom. The van der Waals surface area contributed by atoms with Crippen molar-refractivity contribution in [3.05, 3.63) is 59.3 Å². The van der Waals surface area contributed by atoms with Gasteiger partial charge in [0.05, 0.1) is 6.61 Å². The van der Waals surface area contributed by atoms with Gasteiger partial charge in [-0.15, -0.1) is 0 Å². The van der Waals surface area contributed by atoms with Crippen LogP contribution in [-0.2, 0) is 13.2 Å². The second-order valence-electron chi connectivity index (χ2n) is 4.01. The van der Waals surface area contributed by atoms with Crippen molar-refractivity contribution in [3.8, 4) is 0 Å². The largest absolute Gasteiger partial charge is 0.392 e. The van der Waals surface area contributed by atoms with E-state index in [1.807, 2.05) is 31.2 Å². The highest BCUT2D eigenvalue weighted by Crippen LogP contribution is 2.14. The molecular weight excluding hydrogens is 212 g/mol. The fourth-order valence-corrected chi connectivity index (χ4v) is 1.69. The topological polar surface area (TPSA) is 45.2 Å². The van der Waals surface area contributed by atoms with Gasteiger partial charge < -0.3 is 10.4 Å². The third-order valence-electron chi connectivity index (χ3n) is 2.62. The molecule has 3 heteroatoms. The van der Waals surface area contributed by atoms with Crippen molar-refractivity contribution in [2.45, 2.75) is 20.1 Å². The molecule has 0 fully saturated rings. The molecule has 1 aromatic carbocycles. The van der Waals surface area contributed by atoms with Crippen molar-refractivity contribution in [1.82, 2.24) is 4.98 Å². The van der Waals surface area contributed by atoms with Gasteiger partial charge in [-0.1, -0.05) is 30.3 Å². The van der Waals surface area contributed by atoms with E-state index in [9.17, 15) is 0 Å². The van der Waals surface area contributed by atoms with Crippen LogP contribution in [0, 0.1) is 6.92 Å². The SMILES string of the molecule is Cc1cc(CO)cnc1NCc1ccccc1. The summed E-state index contributed by atoms with van der Waals surface area (Å²) in [5, 5.41) is 12.3. The Balaban J connectivity index is 2.04. The van der Waals surface area contributed by atoms with Crippen LogP contribution in [0.25, 0.3) is 0 Å². The summed E-state index contributed by atoms with van der Waals surface area (Å²) >= 11 is 0. The fraction of sp³-hybridized carbons (Fsp3) is 0.214. The van der Waals surface area contributed by atoms with Crippen molar-refractivity contribution < 1.29 is 5.11 Å². The second-order valence-corrected chi connectivity index (χ2v) is 4.01. The van der Waals surface area contributed by atoms with Crippen LogP contribution in [0.3, 0.4) is 0 Å². The smallest absolute Gasteiger partial charge is 0.129 e. The number of rotatable bonds is 4. The van der Waals surface area contributed by atoms with E-state index in [0.29, 0.717) is 0 Å². The zero-order valence-electron chi connectivity index (χ0n) is 9.85. The molecule has 2 rings (SSSR count). The minimum atomic E-state index is 0.0345. The summed E-state index contributed by atoms with van der Waals surface area (Å²) in [6.45, 7) is 2.78. The number of aliphatic hydroxyl groups excluding tert-OH is 1. The molecule has 88 valence electrons. The van der Waals surface area contributed by atoms with Crippen molar-refractivity contribution in [1.29, 1.82) is 0 Å². The van der Waals surface area contributed by atoms with Gasteiger partial charge in [0.2, 0.25) is 0 Å². The molecule has 1 aromatic heterocycles. The van der Waals surface area contributed by atoms with Crippen molar-refractivity contribution in [2.24, 2.45) is 0 Å². The first-order valence-corrected chi connectivity index (χ1v) is 5.64. The number of aryl methyl sites for hydroxylation is 1. The number of benzene rings is 1. The lowest BCUT2D eigenvalue weighted by Crippen LogP contribution is -2.03. The van der Waals surface area contributed by atoms with Gasteiger partial charge in [0.25, 0.3) is 0 Å². The van der Waals surface area contributed by atoms with Crippen LogP contribution in [0.5, 0.6) is 0 Å². The number of aromatic nitrogens is 1. The maximum atomic E-state index is 9.00. The predicted octanol–water partition coefficient (Wildman–Crippen LogP) is 2.49. The van der Waals surface area contributed by atoms with E-state index in [1.54, 1.807) is 6.20 Å². The van der Waals surface area contributed by atoms with Crippen LogP contribution in [0.2, 0.25) is 0 Å². The first-order chi connectivity index (χ1) is 8.29. The predicted molar refractivity (Wildman–Crippen MR) is 68.7 cm³/mol. The quantitative estimate of drug-likeness (QED) is 0.845. The number of hydrogen-bond acceptors (Lipinski definition) is 3. The highest BCUT2D eigenvalue weighted by atomic mass is 16.3. The van der Waals surface area contributed by atoms with Crippen molar-refractivity contribution >= 4 is 5.82 Å². The average molecular weight is 228 g/mol. The van der Waals surface area contributed by atoms with Gasteiger partial charge in [-0.25, -0.2) is 4.98 Å². The van der Waals surface area contributed by atoms with Gasteiger partial charge >= 0.3 is 0 Å². The molecule has 0 amide bonds. The van der Waals surface area contributed by atoms with Gasteiger partial charge in [0.15, 0.2) is 0 Å². The van der Waals surface area contributed by atoms with Crippen LogP contribution in [0.1, 0.15) is 16.7 Å². The Morgan fingerprint density at radius 1 is 1.18 bits per heavy atom. The minimum absolute atomic E-state index is 0.0345. The monoisotopic (exact) mass is 228 g/mol. The van der Waals surface area contributed by atoms with E-state index in [0.717, 1.165) is 23.5 Å². The third kappa shape index (κ3) is 3.04. The fourth-order valence-electron chi connectivity index (χ4n) is 1.69. The van der Waals surface area contributed by atoms with Gasteiger partial charge in [-0.05, 0) is 29.7 Å². The molecule has 0 saturated heterocycles. The Bertz CT molecular complexity index is 483. The van der Waals surface area contributed by atoms with Crippen molar-refractivity contribution in [3.63, 3.8) is 0 Å². The molecule has 0 aliphatic heterocycles. The number of pyridine rings is 1. The van der Waals surface area contributed by atoms with E-state index in [1.165, 1.54) is 5.56 Å². The summed E-state index contributed by atoms with van der Waals surface area (Å²) in [5.41, 5.74) is 3.11. The van der Waals surface area contributed by atoms with E-state index in [2.05, 4.69) is 22.4 Å². The van der Waals surface area contributed by atoms with E-state index in [4.69, 9.17) is 5.11 Å². The summed E-state index contributed by atoms with van der Waals surface area (Å²) in [7, 11) is 0. The van der Waals surface area contributed by atoms with Gasteiger partial charge in [0.1, 0.15) is 5.82 Å². The van der Waals surface area contributed by atoms with Gasteiger partial charge in [-0.3, -0.25) is 0 Å². The van der Waals surface area contributed by atoms with Gasteiger partial charge in [0, 0.05) is 12.7 Å². The second kappa shape index (κ2) is 5.46. The maximum absolute atomic E-state index is 9.00. The molecule has 0 radical (unpaired) electrons. The minimum Gasteiger partial charge on any atom is -0.392 e. The molecule has 0 aliphatic carbocycles. The average Bonchev–Trinajstić information content (AvgIpc) is 2.38. The zero-order chi connectivity index (χ0) is 12.1. The molecule has 2 N–H and O–H groups in total. The Labute approximate surface area is 101 Å². The molecule has 0 saturated carbocycles. The lowest BCUT2D eigenvalue weighted by atomic mass is 10.2. The summed E-state index contributed by atoms with van der Waals surface area (Å²) in [4.78, 5) is 4.29. The number of hydrogen-bond donors (Lipinski definition) is 2. The number of aliphatic hydroxyl groups is 1. The van der Waals surface area contributed by atoms with Crippen LogP contribution >= 0.6 is 0 Å². The number of anilines is 1. The summed E-state index contributed by atoms with van der Waals surface area (Å²) < 4.78 is 0. The number of nitrogens with one attached hydrogen (secondary N) is 1. The van der Waals surface area contributed by atoms with E-state index >= 15 is 0 Å². The lowest BCUT2D eigenvalue weighted by molar-refractivity contribution is 0.281. The summed E-state index contributed by atoms with van der Waals surface area (Å²) in [6.07, 6.45) is 1.69. The standard InChI is InChI=1S/C14H16N2O/c1-11-7-13(10-17)9-16-14(11)15-8-12-5-3-2-4-6-12/h2-7,9,17H,8,10H2,1H3,(H,15,16).